The van der Waals surface area contributed by atoms with E-state index in [2.05, 4.69) is 15.5 Å². The molecule has 1 fully saturated rings. The van der Waals surface area contributed by atoms with Crippen LogP contribution in [-0.4, -0.2) is 32.0 Å². The molecule has 0 atom stereocenters. The fourth-order valence-corrected chi connectivity index (χ4v) is 2.67. The van der Waals surface area contributed by atoms with Gasteiger partial charge in [0.05, 0.1) is 11.2 Å². The molecule has 1 aliphatic carbocycles. The van der Waals surface area contributed by atoms with Crippen molar-refractivity contribution < 1.29 is 13.6 Å². The Kier molecular flexibility index (Phi) is 5.13. The monoisotopic (exact) mass is 357 g/mol. The van der Waals surface area contributed by atoms with E-state index in [1.165, 1.54) is 10.7 Å². The lowest BCUT2D eigenvalue weighted by atomic mass is 10.2. The number of alkyl halides is 2. The summed E-state index contributed by atoms with van der Waals surface area (Å²) in [5.74, 6) is 0.0154. The van der Waals surface area contributed by atoms with Crippen molar-refractivity contribution in [3.05, 3.63) is 34.9 Å². The van der Waals surface area contributed by atoms with E-state index in [-0.39, 0.29) is 24.1 Å². The van der Waals surface area contributed by atoms with Gasteiger partial charge < -0.3 is 5.32 Å². The van der Waals surface area contributed by atoms with E-state index in [1.807, 2.05) is 0 Å². The number of carbonyl (C=O) groups is 1. The van der Waals surface area contributed by atoms with E-state index in [1.54, 1.807) is 17.1 Å². The summed E-state index contributed by atoms with van der Waals surface area (Å²) in [5, 5.41) is 11.3. The van der Waals surface area contributed by atoms with Gasteiger partial charge in [0.1, 0.15) is 12.2 Å². The Hall–Kier alpha value is -1.96. The molecule has 130 valence electrons. The third-order valence-corrected chi connectivity index (χ3v) is 4.03. The van der Waals surface area contributed by atoms with Crippen LogP contribution >= 0.6 is 11.6 Å². The van der Waals surface area contributed by atoms with Crippen LogP contribution in [0.4, 0.5) is 8.78 Å². The van der Waals surface area contributed by atoms with Crippen LogP contribution in [0.2, 0.25) is 5.02 Å². The summed E-state index contributed by atoms with van der Waals surface area (Å²) in [5.41, 5.74) is 0.465. The third kappa shape index (κ3) is 4.31. The first kappa shape index (κ1) is 16.9. The number of hydrogen-bond donors (Lipinski definition) is 1. The second kappa shape index (κ2) is 7.29. The number of aromatic nitrogens is 4. The van der Waals surface area contributed by atoms with Crippen LogP contribution in [0.3, 0.4) is 0 Å². The predicted octanol–water partition coefficient (Wildman–Crippen LogP) is 2.75. The summed E-state index contributed by atoms with van der Waals surface area (Å²) in [7, 11) is 0. The Bertz CT molecular complexity index is 711. The highest BCUT2D eigenvalue weighted by atomic mass is 35.5. The SMILES string of the molecule is O=C(Cn1nc(C(F)F)cc1C1CC1)NCCCn1cc(Cl)cn1. The number of rotatable bonds is 8. The molecule has 1 aliphatic rings. The number of aryl methyl sites for hydroxylation is 1. The van der Waals surface area contributed by atoms with Crippen molar-refractivity contribution in [2.45, 2.75) is 44.7 Å². The van der Waals surface area contributed by atoms with Crippen molar-refractivity contribution in [2.75, 3.05) is 6.54 Å². The van der Waals surface area contributed by atoms with Crippen LogP contribution in [0.15, 0.2) is 18.5 Å². The van der Waals surface area contributed by atoms with Gasteiger partial charge in [-0.2, -0.15) is 10.2 Å². The lowest BCUT2D eigenvalue weighted by Gasteiger charge is -2.08. The standard InChI is InChI=1S/C15H18ClF2N5O/c16-11-7-20-22(8-11)5-1-4-19-14(24)9-23-13(10-2-3-10)6-12(21-23)15(17)18/h6-8,10,15H,1-5,9H2,(H,19,24). The number of amides is 1. The molecule has 1 N–H and O–H groups in total. The van der Waals surface area contributed by atoms with Crippen LogP contribution in [0.1, 0.15) is 43.0 Å². The number of carbonyl (C=O) groups excluding carboxylic acids is 1. The Morgan fingerprint density at radius 2 is 2.25 bits per heavy atom. The molecular weight excluding hydrogens is 340 g/mol. The van der Waals surface area contributed by atoms with Crippen LogP contribution in [0.25, 0.3) is 0 Å². The topological polar surface area (TPSA) is 64.7 Å². The first-order valence-electron chi connectivity index (χ1n) is 7.83. The van der Waals surface area contributed by atoms with Gasteiger partial charge >= 0.3 is 0 Å². The average molecular weight is 358 g/mol. The lowest BCUT2D eigenvalue weighted by Crippen LogP contribution is -2.30. The van der Waals surface area contributed by atoms with Gasteiger partial charge in [0.2, 0.25) is 5.91 Å². The minimum absolute atomic E-state index is 0.0356. The van der Waals surface area contributed by atoms with Gasteiger partial charge in [-0.15, -0.1) is 0 Å². The summed E-state index contributed by atoms with van der Waals surface area (Å²) in [6.45, 7) is 1.07. The van der Waals surface area contributed by atoms with E-state index in [0.717, 1.165) is 18.5 Å². The summed E-state index contributed by atoms with van der Waals surface area (Å²) < 4.78 is 28.7. The van der Waals surface area contributed by atoms with Gasteiger partial charge in [0, 0.05) is 30.9 Å². The van der Waals surface area contributed by atoms with Gasteiger partial charge in [-0.25, -0.2) is 8.78 Å². The van der Waals surface area contributed by atoms with Gasteiger partial charge in [-0.05, 0) is 25.3 Å². The molecule has 0 radical (unpaired) electrons. The molecule has 1 saturated carbocycles. The van der Waals surface area contributed by atoms with Crippen LogP contribution in [0, 0.1) is 0 Å². The minimum atomic E-state index is -2.62. The maximum atomic E-state index is 12.8. The van der Waals surface area contributed by atoms with Crippen molar-refractivity contribution >= 4 is 17.5 Å². The van der Waals surface area contributed by atoms with Crippen molar-refractivity contribution in [1.82, 2.24) is 24.9 Å². The van der Waals surface area contributed by atoms with Crippen molar-refractivity contribution in [3.63, 3.8) is 0 Å². The molecule has 24 heavy (non-hydrogen) atoms. The number of halogens is 3. The zero-order chi connectivity index (χ0) is 17.1. The Labute approximate surface area is 142 Å². The molecule has 0 aromatic carbocycles. The fraction of sp³-hybridized carbons (Fsp3) is 0.533. The zero-order valence-corrected chi connectivity index (χ0v) is 13.7. The molecule has 0 spiro atoms. The maximum absolute atomic E-state index is 12.8. The van der Waals surface area contributed by atoms with E-state index in [0.29, 0.717) is 24.5 Å². The Morgan fingerprint density at radius 3 is 2.88 bits per heavy atom. The quantitative estimate of drug-likeness (QED) is 0.739. The Morgan fingerprint density at radius 1 is 1.46 bits per heavy atom. The highest BCUT2D eigenvalue weighted by molar-refractivity contribution is 6.30. The predicted molar refractivity (Wildman–Crippen MR) is 84.0 cm³/mol. The van der Waals surface area contributed by atoms with Gasteiger partial charge in [-0.3, -0.25) is 14.2 Å². The van der Waals surface area contributed by atoms with Gasteiger partial charge in [0.25, 0.3) is 6.43 Å². The summed E-state index contributed by atoms with van der Waals surface area (Å²) in [6.07, 6.45) is 3.26. The second-order valence-corrected chi connectivity index (χ2v) is 6.29. The van der Waals surface area contributed by atoms with E-state index < -0.39 is 6.43 Å². The normalized spacial score (nSPS) is 14.3. The smallest absolute Gasteiger partial charge is 0.282 e. The first-order chi connectivity index (χ1) is 11.5. The van der Waals surface area contributed by atoms with Crippen LogP contribution in [0.5, 0.6) is 0 Å². The largest absolute Gasteiger partial charge is 0.354 e. The third-order valence-electron chi connectivity index (χ3n) is 3.83. The highest BCUT2D eigenvalue weighted by Crippen LogP contribution is 2.41. The van der Waals surface area contributed by atoms with Gasteiger partial charge in [0.15, 0.2) is 0 Å². The summed E-state index contributed by atoms with van der Waals surface area (Å²) in [4.78, 5) is 12.0. The average Bonchev–Trinajstić information content (AvgIpc) is 3.16. The fourth-order valence-electron chi connectivity index (χ4n) is 2.51. The van der Waals surface area contributed by atoms with Crippen molar-refractivity contribution in [1.29, 1.82) is 0 Å². The summed E-state index contributed by atoms with van der Waals surface area (Å²) in [6, 6.07) is 1.41. The highest BCUT2D eigenvalue weighted by Gasteiger charge is 2.30. The second-order valence-electron chi connectivity index (χ2n) is 5.85. The molecule has 0 bridgehead atoms. The van der Waals surface area contributed by atoms with Crippen molar-refractivity contribution in [3.8, 4) is 0 Å². The van der Waals surface area contributed by atoms with Crippen molar-refractivity contribution in [2.24, 2.45) is 0 Å². The van der Waals surface area contributed by atoms with Crippen LogP contribution < -0.4 is 5.32 Å². The molecule has 9 heteroatoms. The van der Waals surface area contributed by atoms with E-state index >= 15 is 0 Å². The molecule has 0 aliphatic heterocycles. The molecule has 1 amide bonds. The minimum Gasteiger partial charge on any atom is -0.354 e. The lowest BCUT2D eigenvalue weighted by molar-refractivity contribution is -0.121. The van der Waals surface area contributed by atoms with E-state index in [4.69, 9.17) is 11.6 Å². The molecule has 2 aromatic heterocycles. The number of nitrogens with zero attached hydrogens (tertiary/aromatic N) is 4. The van der Waals surface area contributed by atoms with E-state index in [9.17, 15) is 13.6 Å². The molecule has 6 nitrogen and oxygen atoms in total. The van der Waals surface area contributed by atoms with Crippen LogP contribution in [-0.2, 0) is 17.9 Å². The molecule has 2 heterocycles. The number of hydrogen-bond acceptors (Lipinski definition) is 3. The maximum Gasteiger partial charge on any atom is 0.282 e. The molecule has 2 aromatic rings. The molecule has 0 saturated heterocycles. The molecular formula is C15H18ClF2N5O. The molecule has 3 rings (SSSR count). The first-order valence-corrected chi connectivity index (χ1v) is 8.21. The van der Waals surface area contributed by atoms with Gasteiger partial charge in [-0.1, -0.05) is 11.6 Å². The molecule has 0 unspecified atom stereocenters. The zero-order valence-electron chi connectivity index (χ0n) is 13.0. The number of nitrogens with one attached hydrogen (secondary N) is 1. The Balaban J connectivity index is 1.47. The summed E-state index contributed by atoms with van der Waals surface area (Å²) >= 11 is 5.77.